The van der Waals surface area contributed by atoms with Crippen molar-refractivity contribution in [2.24, 2.45) is 0 Å². The summed E-state index contributed by atoms with van der Waals surface area (Å²) >= 11 is 3.63. The highest BCUT2D eigenvalue weighted by Gasteiger charge is 2.32. The number of ether oxygens (including phenoxy) is 2. The maximum absolute atomic E-state index is 5.79. The minimum Gasteiger partial charge on any atom is -0.449 e. The fourth-order valence-electron chi connectivity index (χ4n) is 2.64. The van der Waals surface area contributed by atoms with Crippen molar-refractivity contribution >= 4 is 15.9 Å². The SMILES string of the molecule is CC1(C)Oc2cc(Br)c(CC3CCCN3)cc2O1. The molecule has 18 heavy (non-hydrogen) atoms. The van der Waals surface area contributed by atoms with Gasteiger partial charge in [0.2, 0.25) is 5.79 Å². The second-order valence-electron chi connectivity index (χ2n) is 5.49. The van der Waals surface area contributed by atoms with Gasteiger partial charge in [-0.15, -0.1) is 0 Å². The molecule has 3 nitrogen and oxygen atoms in total. The fourth-order valence-corrected chi connectivity index (χ4v) is 3.12. The Morgan fingerprint density at radius 1 is 1.33 bits per heavy atom. The zero-order chi connectivity index (χ0) is 12.8. The van der Waals surface area contributed by atoms with Gasteiger partial charge in [0, 0.05) is 24.4 Å². The molecule has 1 aromatic carbocycles. The smallest absolute Gasteiger partial charge is 0.246 e. The first-order valence-electron chi connectivity index (χ1n) is 6.47. The highest BCUT2D eigenvalue weighted by Crippen LogP contribution is 2.42. The highest BCUT2D eigenvalue weighted by molar-refractivity contribution is 9.10. The van der Waals surface area contributed by atoms with Crippen LogP contribution in [0.5, 0.6) is 11.5 Å². The average molecular weight is 312 g/mol. The molecule has 2 aliphatic rings. The van der Waals surface area contributed by atoms with Crippen LogP contribution in [-0.4, -0.2) is 18.4 Å². The van der Waals surface area contributed by atoms with E-state index >= 15 is 0 Å². The van der Waals surface area contributed by atoms with Crippen molar-refractivity contribution in [3.8, 4) is 11.5 Å². The monoisotopic (exact) mass is 311 g/mol. The summed E-state index contributed by atoms with van der Waals surface area (Å²) in [6.07, 6.45) is 3.57. The lowest BCUT2D eigenvalue weighted by Crippen LogP contribution is -2.29. The van der Waals surface area contributed by atoms with Gasteiger partial charge >= 0.3 is 0 Å². The third-order valence-corrected chi connectivity index (χ3v) is 4.19. The van der Waals surface area contributed by atoms with Crippen LogP contribution in [0, 0.1) is 0 Å². The van der Waals surface area contributed by atoms with Crippen LogP contribution in [0.3, 0.4) is 0 Å². The molecule has 0 radical (unpaired) electrons. The second-order valence-corrected chi connectivity index (χ2v) is 6.35. The van der Waals surface area contributed by atoms with E-state index in [1.54, 1.807) is 0 Å². The van der Waals surface area contributed by atoms with E-state index in [1.807, 2.05) is 19.9 Å². The molecule has 1 N–H and O–H groups in total. The molecule has 2 heterocycles. The van der Waals surface area contributed by atoms with Crippen molar-refractivity contribution < 1.29 is 9.47 Å². The summed E-state index contributed by atoms with van der Waals surface area (Å²) in [6.45, 7) is 5.00. The summed E-state index contributed by atoms with van der Waals surface area (Å²) in [5, 5.41) is 3.52. The Morgan fingerprint density at radius 3 is 2.72 bits per heavy atom. The van der Waals surface area contributed by atoms with E-state index in [1.165, 1.54) is 18.4 Å². The number of benzene rings is 1. The van der Waals surface area contributed by atoms with E-state index in [0.717, 1.165) is 28.9 Å². The van der Waals surface area contributed by atoms with Crippen molar-refractivity contribution in [2.45, 2.75) is 44.9 Å². The topological polar surface area (TPSA) is 30.5 Å². The van der Waals surface area contributed by atoms with Crippen molar-refractivity contribution in [1.29, 1.82) is 0 Å². The summed E-state index contributed by atoms with van der Waals surface area (Å²) in [6, 6.07) is 4.72. The minimum atomic E-state index is -0.550. The van der Waals surface area contributed by atoms with Crippen LogP contribution in [0.2, 0.25) is 0 Å². The highest BCUT2D eigenvalue weighted by atomic mass is 79.9. The largest absolute Gasteiger partial charge is 0.449 e. The Labute approximate surface area is 116 Å². The molecule has 0 aliphatic carbocycles. The first-order valence-corrected chi connectivity index (χ1v) is 7.27. The molecular weight excluding hydrogens is 294 g/mol. The molecule has 98 valence electrons. The van der Waals surface area contributed by atoms with Crippen LogP contribution < -0.4 is 14.8 Å². The van der Waals surface area contributed by atoms with Crippen LogP contribution in [0.4, 0.5) is 0 Å². The van der Waals surface area contributed by atoms with Crippen LogP contribution >= 0.6 is 15.9 Å². The number of fused-ring (bicyclic) bond motifs is 1. The van der Waals surface area contributed by atoms with E-state index < -0.39 is 5.79 Å². The Hall–Kier alpha value is -0.740. The van der Waals surface area contributed by atoms with E-state index in [0.29, 0.717) is 6.04 Å². The Bertz CT molecular complexity index is 467. The first-order chi connectivity index (χ1) is 8.53. The van der Waals surface area contributed by atoms with Gasteiger partial charge in [-0.05, 0) is 43.5 Å². The third kappa shape index (κ3) is 2.36. The van der Waals surface area contributed by atoms with E-state index in [4.69, 9.17) is 9.47 Å². The number of nitrogens with one attached hydrogen (secondary N) is 1. The molecule has 0 saturated carbocycles. The molecule has 0 spiro atoms. The van der Waals surface area contributed by atoms with Gasteiger partial charge in [-0.2, -0.15) is 0 Å². The van der Waals surface area contributed by atoms with Crippen molar-refractivity contribution in [3.05, 3.63) is 22.2 Å². The zero-order valence-electron chi connectivity index (χ0n) is 10.8. The molecule has 1 atom stereocenters. The summed E-state index contributed by atoms with van der Waals surface area (Å²) < 4.78 is 12.6. The molecule has 1 unspecified atom stereocenters. The molecule has 0 amide bonds. The van der Waals surface area contributed by atoms with Gasteiger partial charge in [-0.1, -0.05) is 15.9 Å². The van der Waals surface area contributed by atoms with Crippen molar-refractivity contribution in [2.75, 3.05) is 6.54 Å². The van der Waals surface area contributed by atoms with E-state index in [9.17, 15) is 0 Å². The van der Waals surface area contributed by atoms with Gasteiger partial charge in [0.15, 0.2) is 11.5 Å². The molecule has 1 aromatic rings. The molecule has 0 aromatic heterocycles. The normalized spacial score (nSPS) is 24.5. The quantitative estimate of drug-likeness (QED) is 0.909. The third-order valence-electron chi connectivity index (χ3n) is 3.45. The molecule has 2 aliphatic heterocycles. The van der Waals surface area contributed by atoms with E-state index in [-0.39, 0.29) is 0 Å². The van der Waals surface area contributed by atoms with Crippen molar-refractivity contribution in [1.82, 2.24) is 5.32 Å². The summed E-state index contributed by atoms with van der Waals surface area (Å²) in [4.78, 5) is 0. The molecule has 0 bridgehead atoms. The number of hydrogen-bond acceptors (Lipinski definition) is 3. The Morgan fingerprint density at radius 2 is 2.06 bits per heavy atom. The van der Waals surface area contributed by atoms with Crippen molar-refractivity contribution in [3.63, 3.8) is 0 Å². The van der Waals surface area contributed by atoms with Gasteiger partial charge < -0.3 is 14.8 Å². The fraction of sp³-hybridized carbons (Fsp3) is 0.571. The lowest BCUT2D eigenvalue weighted by molar-refractivity contribution is -0.0431. The summed E-state index contributed by atoms with van der Waals surface area (Å²) in [5.41, 5.74) is 1.29. The van der Waals surface area contributed by atoms with Gasteiger partial charge in [-0.3, -0.25) is 0 Å². The zero-order valence-corrected chi connectivity index (χ0v) is 12.3. The predicted octanol–water partition coefficient (Wildman–Crippen LogP) is 3.25. The summed E-state index contributed by atoms with van der Waals surface area (Å²) in [5.74, 6) is 1.14. The number of halogens is 1. The van der Waals surface area contributed by atoms with Crippen LogP contribution in [0.15, 0.2) is 16.6 Å². The lowest BCUT2D eigenvalue weighted by Gasteiger charge is -2.16. The molecular formula is C14H18BrNO2. The van der Waals surface area contributed by atoms with Gasteiger partial charge in [0.25, 0.3) is 0 Å². The summed E-state index contributed by atoms with van der Waals surface area (Å²) in [7, 11) is 0. The molecule has 1 fully saturated rings. The maximum atomic E-state index is 5.79. The first kappa shape index (κ1) is 12.3. The average Bonchev–Trinajstić information content (AvgIpc) is 2.85. The van der Waals surface area contributed by atoms with Gasteiger partial charge in [0.05, 0.1) is 0 Å². The van der Waals surface area contributed by atoms with Gasteiger partial charge in [-0.25, -0.2) is 0 Å². The molecule has 4 heteroatoms. The van der Waals surface area contributed by atoms with E-state index in [2.05, 4.69) is 27.3 Å². The lowest BCUT2D eigenvalue weighted by atomic mass is 10.0. The van der Waals surface area contributed by atoms with Crippen LogP contribution in [0.1, 0.15) is 32.3 Å². The second kappa shape index (κ2) is 4.42. The Balaban J connectivity index is 1.84. The van der Waals surface area contributed by atoms with Gasteiger partial charge in [0.1, 0.15) is 0 Å². The minimum absolute atomic E-state index is 0.550. The standard InChI is InChI=1S/C14H18BrNO2/c1-14(2)17-12-7-9(6-10-4-3-5-16-10)11(15)8-13(12)18-14/h7-8,10,16H,3-6H2,1-2H3. The molecule has 1 saturated heterocycles. The van der Waals surface area contributed by atoms with Crippen LogP contribution in [-0.2, 0) is 6.42 Å². The van der Waals surface area contributed by atoms with Crippen LogP contribution in [0.25, 0.3) is 0 Å². The predicted molar refractivity (Wildman–Crippen MR) is 74.2 cm³/mol. The number of hydrogen-bond donors (Lipinski definition) is 1. The Kier molecular flexibility index (Phi) is 3.02. The molecule has 3 rings (SSSR count). The maximum Gasteiger partial charge on any atom is 0.246 e. The number of rotatable bonds is 2.